The van der Waals surface area contributed by atoms with Crippen molar-refractivity contribution >= 4 is 18.3 Å². The summed E-state index contributed by atoms with van der Waals surface area (Å²) < 4.78 is 17.0. The summed E-state index contributed by atoms with van der Waals surface area (Å²) in [4.78, 5) is 15.4. The predicted octanol–water partition coefficient (Wildman–Crippen LogP) is 2.58. The lowest BCUT2D eigenvalue weighted by Crippen LogP contribution is -2.15. The number of carbonyl (C=O) groups excluding carboxylic acids is 1. The highest BCUT2D eigenvalue weighted by atomic mass is 16.5. The number of aliphatic imine (C=N–C) groups is 1. The van der Waals surface area contributed by atoms with Gasteiger partial charge in [0.1, 0.15) is 12.3 Å². The molecule has 0 amide bonds. The molecule has 0 saturated heterocycles. The number of carbonyl (C=O) groups is 1. The Kier molecular flexibility index (Phi) is 5.03. The summed E-state index contributed by atoms with van der Waals surface area (Å²) in [5.74, 6) is 1.63. The molecular weight excluding hydrogens is 272 g/mol. The van der Waals surface area contributed by atoms with E-state index >= 15 is 0 Å². The minimum absolute atomic E-state index is 0.456. The highest BCUT2D eigenvalue weighted by Crippen LogP contribution is 2.48. The van der Waals surface area contributed by atoms with E-state index in [9.17, 15) is 4.79 Å². The van der Waals surface area contributed by atoms with Crippen molar-refractivity contribution in [2.24, 2.45) is 4.99 Å². The molecule has 1 aromatic carbocycles. The molecule has 0 aromatic heterocycles. The number of hydrogen-bond acceptors (Lipinski definition) is 6. The quantitative estimate of drug-likeness (QED) is 0.782. The Morgan fingerprint density at radius 1 is 1.14 bits per heavy atom. The van der Waals surface area contributed by atoms with E-state index < -0.39 is 6.04 Å². The maximum Gasteiger partial charge on any atom is 0.204 e. The van der Waals surface area contributed by atoms with Crippen LogP contribution >= 0.6 is 0 Å². The number of ether oxygens (including phenoxy) is 3. The molecule has 6 nitrogen and oxygen atoms in total. The minimum Gasteiger partial charge on any atom is -0.490 e. The maximum absolute atomic E-state index is 11.3. The molecule has 1 aromatic rings. The van der Waals surface area contributed by atoms with E-state index in [-0.39, 0.29) is 0 Å². The number of rotatable bonds is 7. The van der Waals surface area contributed by atoms with Gasteiger partial charge in [-0.15, -0.1) is 0 Å². The summed E-state index contributed by atoms with van der Waals surface area (Å²) >= 11 is 0. The molecule has 1 unspecified atom stereocenters. The molecule has 0 aliphatic carbocycles. The summed E-state index contributed by atoms with van der Waals surface area (Å²) in [5.41, 5.74) is 1.43. The molecule has 21 heavy (non-hydrogen) atoms. The van der Waals surface area contributed by atoms with Gasteiger partial charge in [0, 0.05) is 6.07 Å². The Morgan fingerprint density at radius 2 is 1.81 bits per heavy atom. The Balaban J connectivity index is 2.63. The average molecular weight is 292 g/mol. The van der Waals surface area contributed by atoms with Crippen LogP contribution in [0.25, 0.3) is 0 Å². The maximum atomic E-state index is 11.3. The normalized spacial score (nSPS) is 15.9. The zero-order chi connectivity index (χ0) is 15.2. The molecule has 6 heteroatoms. The summed E-state index contributed by atoms with van der Waals surface area (Å²) in [6.45, 7) is 7.11. The molecule has 0 spiro atoms. The van der Waals surface area contributed by atoms with E-state index in [4.69, 9.17) is 14.2 Å². The van der Waals surface area contributed by atoms with Crippen LogP contribution < -0.4 is 19.5 Å². The monoisotopic (exact) mass is 292 g/mol. The lowest BCUT2D eigenvalue weighted by Gasteiger charge is -2.24. The van der Waals surface area contributed by atoms with Gasteiger partial charge in [-0.2, -0.15) is 0 Å². The lowest BCUT2D eigenvalue weighted by atomic mass is 10.0. The number of hydrogen-bond donors (Lipinski definition) is 1. The minimum atomic E-state index is -0.599. The van der Waals surface area contributed by atoms with Gasteiger partial charge in [0.2, 0.25) is 5.75 Å². The van der Waals surface area contributed by atoms with Crippen LogP contribution in [0.15, 0.2) is 11.1 Å². The number of anilines is 1. The van der Waals surface area contributed by atoms with E-state index in [0.717, 1.165) is 12.0 Å². The van der Waals surface area contributed by atoms with Gasteiger partial charge in [0.05, 0.1) is 37.4 Å². The highest BCUT2D eigenvalue weighted by molar-refractivity contribution is 5.88. The van der Waals surface area contributed by atoms with Crippen LogP contribution in [-0.2, 0) is 4.79 Å². The fourth-order valence-corrected chi connectivity index (χ4v) is 2.24. The van der Waals surface area contributed by atoms with Crippen molar-refractivity contribution in [1.29, 1.82) is 0 Å². The van der Waals surface area contributed by atoms with Gasteiger partial charge in [-0.05, 0) is 20.8 Å². The zero-order valence-corrected chi connectivity index (χ0v) is 12.5. The molecule has 114 valence electrons. The number of fused-ring (bicyclic) bond motifs is 1. The van der Waals surface area contributed by atoms with Crippen LogP contribution in [0.2, 0.25) is 0 Å². The zero-order valence-electron chi connectivity index (χ0n) is 12.5. The van der Waals surface area contributed by atoms with Gasteiger partial charge in [-0.3, -0.25) is 4.99 Å². The van der Waals surface area contributed by atoms with Gasteiger partial charge in [-0.1, -0.05) is 0 Å². The van der Waals surface area contributed by atoms with E-state index in [1.54, 1.807) is 0 Å². The molecule has 0 radical (unpaired) electrons. The number of aldehydes is 1. The second-order valence-corrected chi connectivity index (χ2v) is 4.30. The topological polar surface area (TPSA) is 69.2 Å². The molecule has 1 aliphatic rings. The third-order valence-electron chi connectivity index (χ3n) is 3.00. The Morgan fingerprint density at radius 3 is 2.43 bits per heavy atom. The smallest absolute Gasteiger partial charge is 0.204 e. The first-order valence-electron chi connectivity index (χ1n) is 7.09. The second kappa shape index (κ2) is 6.97. The highest BCUT2D eigenvalue weighted by Gasteiger charge is 2.28. The SMILES string of the molecule is CCOc1cc2c(c(OCC)c1OCC)C(C=O)N=CN2. The van der Waals surface area contributed by atoms with Crippen molar-refractivity contribution in [1.82, 2.24) is 0 Å². The fraction of sp³-hybridized carbons (Fsp3) is 0.467. The molecule has 1 N–H and O–H groups in total. The third kappa shape index (κ3) is 2.94. The molecule has 1 aliphatic heterocycles. The Labute approximate surface area is 124 Å². The van der Waals surface area contributed by atoms with Crippen LogP contribution in [0, 0.1) is 0 Å². The van der Waals surface area contributed by atoms with Crippen molar-refractivity contribution in [3.8, 4) is 17.2 Å². The molecule has 1 atom stereocenters. The third-order valence-corrected chi connectivity index (χ3v) is 3.00. The second-order valence-electron chi connectivity index (χ2n) is 4.30. The molecule has 0 bridgehead atoms. The Bertz CT molecular complexity index is 543. The van der Waals surface area contributed by atoms with Crippen molar-refractivity contribution in [2.45, 2.75) is 26.8 Å². The number of nitrogens with zero attached hydrogens (tertiary/aromatic N) is 1. The van der Waals surface area contributed by atoms with Gasteiger partial charge in [0.15, 0.2) is 11.5 Å². The van der Waals surface area contributed by atoms with Crippen molar-refractivity contribution in [2.75, 3.05) is 25.1 Å². The molecular formula is C15H20N2O4. The number of benzene rings is 1. The van der Waals surface area contributed by atoms with Crippen molar-refractivity contribution in [3.05, 3.63) is 11.6 Å². The standard InChI is InChI=1S/C15H20N2O4/c1-4-19-12-7-10-13(11(8-18)17-9-16-10)15(21-6-3)14(12)20-5-2/h7-9,11H,4-6H2,1-3H3,(H,16,17). The van der Waals surface area contributed by atoms with Crippen LogP contribution in [0.3, 0.4) is 0 Å². The summed E-state index contributed by atoms with van der Waals surface area (Å²) in [5, 5.41) is 3.03. The van der Waals surface area contributed by atoms with Gasteiger partial charge >= 0.3 is 0 Å². The first-order valence-corrected chi connectivity index (χ1v) is 7.09. The van der Waals surface area contributed by atoms with E-state index in [1.807, 2.05) is 26.8 Å². The predicted molar refractivity (Wildman–Crippen MR) is 80.9 cm³/mol. The van der Waals surface area contributed by atoms with E-state index in [0.29, 0.717) is 42.6 Å². The molecule has 0 saturated carbocycles. The molecule has 2 rings (SSSR count). The summed E-state index contributed by atoms with van der Waals surface area (Å²) in [7, 11) is 0. The summed E-state index contributed by atoms with van der Waals surface area (Å²) in [6, 6.07) is 1.21. The van der Waals surface area contributed by atoms with Crippen molar-refractivity contribution in [3.63, 3.8) is 0 Å². The van der Waals surface area contributed by atoms with Crippen molar-refractivity contribution < 1.29 is 19.0 Å². The lowest BCUT2D eigenvalue weighted by molar-refractivity contribution is -0.108. The Hall–Kier alpha value is -2.24. The number of nitrogens with one attached hydrogen (secondary N) is 1. The van der Waals surface area contributed by atoms with Gasteiger partial charge < -0.3 is 24.3 Å². The van der Waals surface area contributed by atoms with Gasteiger partial charge in [0.25, 0.3) is 0 Å². The van der Waals surface area contributed by atoms with Crippen LogP contribution in [0.1, 0.15) is 32.4 Å². The summed E-state index contributed by atoms with van der Waals surface area (Å²) in [6.07, 6.45) is 2.29. The van der Waals surface area contributed by atoms with E-state index in [1.165, 1.54) is 6.34 Å². The average Bonchev–Trinajstić information content (AvgIpc) is 2.50. The molecule has 1 heterocycles. The van der Waals surface area contributed by atoms with Crippen LogP contribution in [0.5, 0.6) is 17.2 Å². The largest absolute Gasteiger partial charge is 0.490 e. The first-order chi connectivity index (χ1) is 10.3. The first kappa shape index (κ1) is 15.2. The molecule has 0 fully saturated rings. The van der Waals surface area contributed by atoms with Gasteiger partial charge in [-0.25, -0.2) is 0 Å². The van der Waals surface area contributed by atoms with Crippen LogP contribution in [0.4, 0.5) is 5.69 Å². The van der Waals surface area contributed by atoms with E-state index in [2.05, 4.69) is 10.3 Å². The fourth-order valence-electron chi connectivity index (χ4n) is 2.24. The van der Waals surface area contributed by atoms with Crippen LogP contribution in [-0.4, -0.2) is 32.4 Å².